The quantitative estimate of drug-likeness (QED) is 0.508. The molecule has 4 aromatic rings. The summed E-state index contributed by atoms with van der Waals surface area (Å²) in [5.41, 5.74) is 6.28. The molecule has 0 aliphatic carbocycles. The molecular formula is C24H26N8. The molecule has 2 atom stereocenters. The van der Waals surface area contributed by atoms with E-state index in [1.54, 1.807) is 7.05 Å². The van der Waals surface area contributed by atoms with Gasteiger partial charge in [-0.05, 0) is 31.0 Å². The number of rotatable bonds is 4. The van der Waals surface area contributed by atoms with E-state index < -0.39 is 0 Å². The predicted octanol–water partition coefficient (Wildman–Crippen LogP) is 2.79. The van der Waals surface area contributed by atoms with Crippen LogP contribution in [0.1, 0.15) is 18.4 Å². The van der Waals surface area contributed by atoms with Crippen molar-refractivity contribution in [3.05, 3.63) is 54.7 Å². The summed E-state index contributed by atoms with van der Waals surface area (Å²) in [7, 11) is 3.71. The summed E-state index contributed by atoms with van der Waals surface area (Å²) >= 11 is 0. The number of hydrogen-bond donors (Lipinski definition) is 1. The predicted molar refractivity (Wildman–Crippen MR) is 126 cm³/mol. The van der Waals surface area contributed by atoms with Gasteiger partial charge in [-0.3, -0.25) is 9.67 Å². The Morgan fingerprint density at radius 1 is 1.00 bits per heavy atom. The molecular weight excluding hydrogens is 400 g/mol. The molecule has 0 spiro atoms. The molecule has 0 radical (unpaired) electrons. The maximum Gasteiger partial charge on any atom is 0.128 e. The third kappa shape index (κ3) is 3.27. The lowest BCUT2D eigenvalue weighted by Gasteiger charge is -2.33. The van der Waals surface area contributed by atoms with Gasteiger partial charge in [0.1, 0.15) is 5.82 Å². The normalized spacial score (nSPS) is 20.6. The molecule has 32 heavy (non-hydrogen) atoms. The van der Waals surface area contributed by atoms with Gasteiger partial charge in [-0.1, -0.05) is 0 Å². The van der Waals surface area contributed by atoms with Crippen LogP contribution >= 0.6 is 0 Å². The molecule has 6 rings (SSSR count). The van der Waals surface area contributed by atoms with E-state index in [4.69, 9.17) is 4.98 Å². The first-order valence-electron chi connectivity index (χ1n) is 11.1. The van der Waals surface area contributed by atoms with E-state index in [1.807, 2.05) is 53.4 Å². The van der Waals surface area contributed by atoms with Gasteiger partial charge in [0, 0.05) is 91.9 Å². The standard InChI is InChI=1S/C24H26N8/c1-25-8-18-10-28-32-13-17(19-11-27-30(2)12-19)7-22(24(18)32)16-3-6-23(26-9-16)31-14-20-4-5-21(15-31)29-20/h3,6-13,20-21,29H,4-5,14-15H2,1-2H3/b25-8+. The summed E-state index contributed by atoms with van der Waals surface area (Å²) in [6.07, 6.45) is 14.2. The summed E-state index contributed by atoms with van der Waals surface area (Å²) in [5, 5.41) is 12.6. The van der Waals surface area contributed by atoms with Crippen molar-refractivity contribution < 1.29 is 0 Å². The van der Waals surface area contributed by atoms with Crippen LogP contribution in [0.5, 0.6) is 0 Å². The number of piperazine rings is 1. The lowest BCUT2D eigenvalue weighted by Crippen LogP contribution is -2.51. The Hall–Kier alpha value is -3.52. The second-order valence-corrected chi connectivity index (χ2v) is 8.77. The van der Waals surface area contributed by atoms with Gasteiger partial charge in [-0.15, -0.1) is 0 Å². The lowest BCUT2D eigenvalue weighted by molar-refractivity contribution is 0.463. The maximum absolute atomic E-state index is 4.87. The van der Waals surface area contributed by atoms with Gasteiger partial charge in [0.25, 0.3) is 0 Å². The van der Waals surface area contributed by atoms with Crippen LogP contribution in [0.4, 0.5) is 5.82 Å². The molecule has 2 bridgehead atoms. The fraction of sp³-hybridized carbons (Fsp3) is 0.333. The van der Waals surface area contributed by atoms with E-state index in [2.05, 4.69) is 43.6 Å². The van der Waals surface area contributed by atoms with E-state index in [0.29, 0.717) is 12.1 Å². The van der Waals surface area contributed by atoms with Crippen LogP contribution in [0.3, 0.4) is 0 Å². The van der Waals surface area contributed by atoms with Crippen molar-refractivity contribution in [1.82, 2.24) is 29.7 Å². The van der Waals surface area contributed by atoms with Crippen LogP contribution < -0.4 is 10.2 Å². The molecule has 8 nitrogen and oxygen atoms in total. The molecule has 4 aromatic heterocycles. The van der Waals surface area contributed by atoms with Crippen LogP contribution in [0.25, 0.3) is 27.8 Å². The van der Waals surface area contributed by atoms with Crippen LogP contribution in [-0.4, -0.2) is 62.8 Å². The molecule has 2 unspecified atom stereocenters. The SMILES string of the molecule is C/N=C/c1cnn2cc(-c3cnn(C)c3)cc(-c3ccc(N4CC5CCC(C4)N5)nc3)c12. The minimum atomic E-state index is 0.591. The molecule has 2 fully saturated rings. The average molecular weight is 427 g/mol. The van der Waals surface area contributed by atoms with E-state index in [-0.39, 0.29) is 0 Å². The highest BCUT2D eigenvalue weighted by atomic mass is 15.3. The molecule has 162 valence electrons. The summed E-state index contributed by atoms with van der Waals surface area (Å²) in [4.78, 5) is 11.5. The molecule has 0 aromatic carbocycles. The molecule has 2 aliphatic heterocycles. The zero-order chi connectivity index (χ0) is 21.7. The van der Waals surface area contributed by atoms with E-state index >= 15 is 0 Å². The molecule has 2 saturated heterocycles. The Morgan fingerprint density at radius 2 is 1.84 bits per heavy atom. The molecule has 0 amide bonds. The fourth-order valence-corrected chi connectivity index (χ4v) is 5.04. The van der Waals surface area contributed by atoms with Crippen LogP contribution in [-0.2, 0) is 7.05 Å². The largest absolute Gasteiger partial charge is 0.353 e. The second kappa shape index (κ2) is 7.56. The van der Waals surface area contributed by atoms with Crippen LogP contribution in [0.2, 0.25) is 0 Å². The van der Waals surface area contributed by atoms with Gasteiger partial charge in [-0.25, -0.2) is 9.50 Å². The zero-order valence-corrected chi connectivity index (χ0v) is 18.3. The summed E-state index contributed by atoms with van der Waals surface area (Å²) in [6, 6.07) is 7.71. The Kier molecular flexibility index (Phi) is 4.53. The van der Waals surface area contributed by atoms with Crippen molar-refractivity contribution in [2.24, 2.45) is 12.0 Å². The van der Waals surface area contributed by atoms with Crippen molar-refractivity contribution >= 4 is 17.5 Å². The Labute approximate surface area is 186 Å². The number of pyridine rings is 2. The highest BCUT2D eigenvalue weighted by molar-refractivity contribution is 5.97. The number of fused-ring (bicyclic) bond motifs is 3. The number of aliphatic imine (C=N–C) groups is 1. The van der Waals surface area contributed by atoms with Crippen LogP contribution in [0, 0.1) is 0 Å². The van der Waals surface area contributed by atoms with Crippen molar-refractivity contribution in [1.29, 1.82) is 0 Å². The van der Waals surface area contributed by atoms with Gasteiger partial charge < -0.3 is 10.2 Å². The highest BCUT2D eigenvalue weighted by Crippen LogP contribution is 2.32. The minimum absolute atomic E-state index is 0.591. The number of aryl methyl sites for hydroxylation is 1. The number of anilines is 1. The average Bonchev–Trinajstić information content (AvgIpc) is 3.52. The van der Waals surface area contributed by atoms with Gasteiger partial charge in [-0.2, -0.15) is 10.2 Å². The van der Waals surface area contributed by atoms with Gasteiger partial charge >= 0.3 is 0 Å². The van der Waals surface area contributed by atoms with Crippen molar-refractivity contribution in [2.75, 3.05) is 25.0 Å². The van der Waals surface area contributed by atoms with Gasteiger partial charge in [0.05, 0.1) is 17.9 Å². The van der Waals surface area contributed by atoms with Crippen molar-refractivity contribution in [3.63, 3.8) is 0 Å². The smallest absolute Gasteiger partial charge is 0.128 e. The topological polar surface area (TPSA) is 75.6 Å². The Morgan fingerprint density at radius 3 is 2.53 bits per heavy atom. The maximum atomic E-state index is 4.87. The summed E-state index contributed by atoms with van der Waals surface area (Å²) < 4.78 is 3.74. The Balaban J connectivity index is 1.43. The monoisotopic (exact) mass is 426 g/mol. The molecule has 8 heteroatoms. The van der Waals surface area contributed by atoms with Crippen molar-refractivity contribution in [3.8, 4) is 22.3 Å². The first-order valence-corrected chi connectivity index (χ1v) is 11.1. The lowest BCUT2D eigenvalue weighted by atomic mass is 10.0. The Bertz CT molecular complexity index is 1290. The molecule has 6 heterocycles. The first-order chi connectivity index (χ1) is 15.7. The highest BCUT2D eigenvalue weighted by Gasteiger charge is 2.32. The van der Waals surface area contributed by atoms with Gasteiger partial charge in [0.2, 0.25) is 0 Å². The zero-order valence-electron chi connectivity index (χ0n) is 18.3. The number of aromatic nitrogens is 5. The first kappa shape index (κ1) is 19.2. The number of nitrogens with one attached hydrogen (secondary N) is 1. The van der Waals surface area contributed by atoms with Crippen molar-refractivity contribution in [2.45, 2.75) is 24.9 Å². The molecule has 0 saturated carbocycles. The number of nitrogens with zero attached hydrogens (tertiary/aromatic N) is 7. The third-order valence-electron chi connectivity index (χ3n) is 6.55. The third-order valence-corrected chi connectivity index (χ3v) is 6.55. The number of hydrogen-bond acceptors (Lipinski definition) is 6. The van der Waals surface area contributed by atoms with E-state index in [9.17, 15) is 0 Å². The van der Waals surface area contributed by atoms with E-state index in [1.165, 1.54) is 12.8 Å². The minimum Gasteiger partial charge on any atom is -0.353 e. The van der Waals surface area contributed by atoms with Gasteiger partial charge in [0.15, 0.2) is 0 Å². The summed E-state index contributed by atoms with van der Waals surface area (Å²) in [5.74, 6) is 1.05. The fourth-order valence-electron chi connectivity index (χ4n) is 5.04. The van der Waals surface area contributed by atoms with E-state index in [0.717, 1.165) is 52.2 Å². The summed E-state index contributed by atoms with van der Waals surface area (Å²) in [6.45, 7) is 2.06. The second-order valence-electron chi connectivity index (χ2n) is 8.77. The molecule has 2 aliphatic rings. The molecule has 1 N–H and O–H groups in total. The van der Waals surface area contributed by atoms with Crippen LogP contribution in [0.15, 0.2) is 54.2 Å².